The number of fused-ring (bicyclic) bond motifs is 1. The first-order chi connectivity index (χ1) is 18.7. The highest BCUT2D eigenvalue weighted by Crippen LogP contribution is 2.33. The molecular formula is C27H29ClN4O6S. The van der Waals surface area contributed by atoms with E-state index in [1.54, 1.807) is 49.6 Å². The van der Waals surface area contributed by atoms with Crippen molar-refractivity contribution in [1.82, 2.24) is 19.5 Å². The molecule has 10 nitrogen and oxygen atoms in total. The first kappa shape index (κ1) is 28.5. The smallest absolute Gasteiger partial charge is 0.290 e. The Morgan fingerprint density at radius 3 is 2.49 bits per heavy atom. The summed E-state index contributed by atoms with van der Waals surface area (Å²) in [5.41, 5.74) is 1.03. The molecule has 0 bridgehead atoms. The van der Waals surface area contributed by atoms with E-state index in [1.807, 2.05) is 17.0 Å². The fourth-order valence-electron chi connectivity index (χ4n) is 5.15. The van der Waals surface area contributed by atoms with E-state index in [2.05, 4.69) is 9.71 Å². The second kappa shape index (κ2) is 12.1. The predicted octanol–water partition coefficient (Wildman–Crippen LogP) is 3.22. The van der Waals surface area contributed by atoms with Crippen LogP contribution < -0.4 is 4.72 Å². The molecule has 2 N–H and O–H groups in total. The summed E-state index contributed by atoms with van der Waals surface area (Å²) in [4.78, 5) is 42.4. The molecule has 12 heteroatoms. The Balaban J connectivity index is 0.00000112. The van der Waals surface area contributed by atoms with E-state index < -0.39 is 22.1 Å². The number of amides is 2. The van der Waals surface area contributed by atoms with Crippen molar-refractivity contribution in [2.75, 3.05) is 13.1 Å². The van der Waals surface area contributed by atoms with E-state index in [-0.39, 0.29) is 29.2 Å². The van der Waals surface area contributed by atoms with Gasteiger partial charge in [0, 0.05) is 30.5 Å². The second-order valence-corrected chi connectivity index (χ2v) is 11.5. The first-order valence-corrected chi connectivity index (χ1v) is 14.3. The van der Waals surface area contributed by atoms with E-state index in [4.69, 9.17) is 21.5 Å². The minimum Gasteiger partial charge on any atom is -0.483 e. The number of nitrogens with zero attached hydrogens (tertiary/aromatic N) is 3. The molecule has 2 aromatic carbocycles. The summed E-state index contributed by atoms with van der Waals surface area (Å²) in [6.45, 7) is 2.40. The number of carboxylic acid groups (broad SMARTS) is 1. The van der Waals surface area contributed by atoms with Crippen molar-refractivity contribution >= 4 is 50.7 Å². The third-order valence-electron chi connectivity index (χ3n) is 7.07. The van der Waals surface area contributed by atoms with Crippen LogP contribution in [0.3, 0.4) is 0 Å². The van der Waals surface area contributed by atoms with Crippen molar-refractivity contribution in [3.8, 4) is 0 Å². The zero-order valence-electron chi connectivity index (χ0n) is 21.2. The number of hydrogen-bond acceptors (Lipinski definition) is 6. The molecule has 5 rings (SSSR count). The summed E-state index contributed by atoms with van der Waals surface area (Å²) in [7, 11) is -3.94. The Hall–Kier alpha value is -3.54. The van der Waals surface area contributed by atoms with E-state index in [1.165, 1.54) is 11.0 Å². The van der Waals surface area contributed by atoms with Crippen molar-refractivity contribution < 1.29 is 27.9 Å². The van der Waals surface area contributed by atoms with E-state index in [0.717, 1.165) is 29.2 Å². The molecule has 0 radical (unpaired) electrons. The summed E-state index contributed by atoms with van der Waals surface area (Å²) < 4.78 is 28.7. The lowest BCUT2D eigenvalue weighted by molar-refractivity contribution is -0.144. The van der Waals surface area contributed by atoms with Crippen molar-refractivity contribution in [2.45, 2.75) is 49.2 Å². The van der Waals surface area contributed by atoms with Crippen LogP contribution in [-0.4, -0.2) is 71.8 Å². The molecule has 0 saturated carbocycles. The maximum atomic E-state index is 13.4. The fourth-order valence-corrected chi connectivity index (χ4v) is 6.59. The Morgan fingerprint density at radius 2 is 1.77 bits per heavy atom. The number of hydrogen-bond donors (Lipinski definition) is 2. The third-order valence-corrected chi connectivity index (χ3v) is 8.78. The molecule has 0 aliphatic carbocycles. The van der Waals surface area contributed by atoms with Crippen LogP contribution in [0.2, 0.25) is 5.02 Å². The minimum atomic E-state index is -3.94. The SMILES string of the molecule is C[C@@H](C(=O)N1CCCC1c1ccncc1)N1CC[C@H](NS(=O)(=O)c2ccc3cc(Cl)ccc3c2)C1=O.O=CO. The van der Waals surface area contributed by atoms with Gasteiger partial charge in [-0.05, 0) is 78.9 Å². The predicted molar refractivity (Wildman–Crippen MR) is 145 cm³/mol. The summed E-state index contributed by atoms with van der Waals surface area (Å²) >= 11 is 6.02. The summed E-state index contributed by atoms with van der Waals surface area (Å²) in [6, 6.07) is 12.1. The minimum absolute atomic E-state index is 0.0438. The molecule has 3 aromatic rings. The van der Waals surface area contributed by atoms with Crippen molar-refractivity contribution in [3.63, 3.8) is 0 Å². The number of halogens is 1. The molecule has 0 spiro atoms. The molecule has 206 valence electrons. The van der Waals surface area contributed by atoms with E-state index in [0.29, 0.717) is 24.5 Å². The van der Waals surface area contributed by atoms with E-state index >= 15 is 0 Å². The Morgan fingerprint density at radius 1 is 1.10 bits per heavy atom. The van der Waals surface area contributed by atoms with Gasteiger partial charge in [0.1, 0.15) is 12.1 Å². The van der Waals surface area contributed by atoms with Crippen LogP contribution >= 0.6 is 11.6 Å². The zero-order chi connectivity index (χ0) is 28.2. The van der Waals surface area contributed by atoms with Crippen LogP contribution in [0.15, 0.2) is 65.8 Å². The monoisotopic (exact) mass is 572 g/mol. The van der Waals surface area contributed by atoms with Gasteiger partial charge in [-0.25, -0.2) is 8.42 Å². The van der Waals surface area contributed by atoms with Crippen molar-refractivity contribution in [1.29, 1.82) is 0 Å². The highest BCUT2D eigenvalue weighted by atomic mass is 35.5. The molecule has 1 unspecified atom stereocenters. The zero-order valence-corrected chi connectivity index (χ0v) is 22.8. The summed E-state index contributed by atoms with van der Waals surface area (Å²) in [5.74, 6) is -0.508. The Kier molecular flexibility index (Phi) is 8.83. The van der Waals surface area contributed by atoms with Gasteiger partial charge in [0.25, 0.3) is 6.47 Å². The van der Waals surface area contributed by atoms with Crippen LogP contribution in [0.1, 0.15) is 37.8 Å². The van der Waals surface area contributed by atoms with Crippen LogP contribution in [0.4, 0.5) is 0 Å². The maximum Gasteiger partial charge on any atom is 0.290 e. The first-order valence-electron chi connectivity index (χ1n) is 12.5. The standard InChI is InChI=1S/C26H27ClN4O4S.CH2O2/c1-17(25(32)31-13-2-3-24(31)18-8-11-28-12-9-18)30-14-10-23(26(30)33)29-36(34,35)22-7-5-19-15-21(27)6-4-20(19)16-22;2-1-3/h4-9,11-12,15-17,23-24,29H,2-3,10,13-14H2,1H3;1H,(H,2,3)/t17-,23-,24?;/m0./s1. The van der Waals surface area contributed by atoms with Gasteiger partial charge in [-0.15, -0.1) is 0 Å². The highest BCUT2D eigenvalue weighted by Gasteiger charge is 2.42. The molecule has 2 amide bonds. The molecule has 2 fully saturated rings. The molecule has 3 atom stereocenters. The van der Waals surface area contributed by atoms with Crippen molar-refractivity contribution in [3.05, 3.63) is 71.5 Å². The molecule has 2 saturated heterocycles. The van der Waals surface area contributed by atoms with Crippen LogP contribution in [0, 0.1) is 0 Å². The summed E-state index contributed by atoms with van der Waals surface area (Å²) in [6.07, 6.45) is 5.47. The lowest BCUT2D eigenvalue weighted by atomic mass is 10.1. The lowest BCUT2D eigenvalue weighted by Gasteiger charge is -2.32. The molecule has 3 heterocycles. The van der Waals surface area contributed by atoms with Crippen LogP contribution in [0.25, 0.3) is 10.8 Å². The van der Waals surface area contributed by atoms with Gasteiger partial charge < -0.3 is 14.9 Å². The number of sulfonamides is 1. The molecular weight excluding hydrogens is 544 g/mol. The highest BCUT2D eigenvalue weighted by molar-refractivity contribution is 7.89. The Bertz CT molecular complexity index is 1470. The number of carbonyl (C=O) groups is 3. The van der Waals surface area contributed by atoms with Gasteiger partial charge in [-0.1, -0.05) is 23.7 Å². The maximum absolute atomic E-state index is 13.4. The van der Waals surface area contributed by atoms with Gasteiger partial charge in [0.15, 0.2) is 0 Å². The largest absolute Gasteiger partial charge is 0.483 e. The molecule has 39 heavy (non-hydrogen) atoms. The number of aromatic nitrogens is 1. The van der Waals surface area contributed by atoms with Crippen LogP contribution in [-0.2, 0) is 24.4 Å². The Labute approximate surface area is 231 Å². The topological polar surface area (TPSA) is 137 Å². The van der Waals surface area contributed by atoms with Crippen LogP contribution in [0.5, 0.6) is 0 Å². The average Bonchev–Trinajstić information content (AvgIpc) is 3.55. The molecule has 1 aromatic heterocycles. The van der Waals surface area contributed by atoms with Gasteiger partial charge >= 0.3 is 0 Å². The number of likely N-dealkylation sites (tertiary alicyclic amines) is 2. The van der Waals surface area contributed by atoms with Gasteiger partial charge in [-0.3, -0.25) is 19.4 Å². The number of pyridine rings is 1. The van der Waals surface area contributed by atoms with Gasteiger partial charge in [0.05, 0.1) is 10.9 Å². The summed E-state index contributed by atoms with van der Waals surface area (Å²) in [5, 5.41) is 9.01. The van der Waals surface area contributed by atoms with E-state index in [9.17, 15) is 18.0 Å². The number of nitrogens with one attached hydrogen (secondary N) is 1. The molecule has 2 aliphatic heterocycles. The van der Waals surface area contributed by atoms with Gasteiger partial charge in [0.2, 0.25) is 21.8 Å². The van der Waals surface area contributed by atoms with Gasteiger partial charge in [-0.2, -0.15) is 4.72 Å². The number of benzene rings is 2. The fraction of sp³-hybridized carbons (Fsp3) is 0.333. The number of carbonyl (C=O) groups excluding carboxylic acids is 2. The lowest BCUT2D eigenvalue weighted by Crippen LogP contribution is -2.50. The second-order valence-electron chi connectivity index (χ2n) is 9.40. The quantitative estimate of drug-likeness (QED) is 0.433. The molecule has 2 aliphatic rings. The normalized spacial score (nSPS) is 20.0. The third kappa shape index (κ3) is 6.21. The van der Waals surface area contributed by atoms with Crippen molar-refractivity contribution in [2.24, 2.45) is 0 Å². The number of rotatable bonds is 6. The average molecular weight is 573 g/mol.